The molecule has 0 unspecified atom stereocenters. The van der Waals surface area contributed by atoms with Crippen LogP contribution in [0, 0.1) is 0 Å². The number of rotatable bonds is 4. The van der Waals surface area contributed by atoms with Crippen molar-refractivity contribution in [2.24, 2.45) is 0 Å². The van der Waals surface area contributed by atoms with Crippen LogP contribution in [0.15, 0.2) is 51.0 Å². The molecule has 0 aliphatic carbocycles. The maximum absolute atomic E-state index is 10.9. The molecule has 1 aromatic carbocycles. The van der Waals surface area contributed by atoms with Crippen LogP contribution in [-0.2, 0) is 0 Å². The van der Waals surface area contributed by atoms with Crippen molar-refractivity contribution < 1.29 is 19.1 Å². The zero-order valence-electron chi connectivity index (χ0n) is 9.04. The fraction of sp³-hybridized carbons (Fsp3) is 0.0833. The predicted molar refractivity (Wildman–Crippen MR) is 62.8 cm³/mol. The molecule has 0 aliphatic heterocycles. The minimum Gasteiger partial charge on any atom is -0.497 e. The van der Waals surface area contributed by atoms with Gasteiger partial charge in [0.2, 0.25) is 0 Å². The first-order valence-corrected chi connectivity index (χ1v) is 5.65. The lowest BCUT2D eigenvalue weighted by Gasteiger charge is -2.02. The third-order valence-electron chi connectivity index (χ3n) is 2.13. The maximum atomic E-state index is 10.9. The summed E-state index contributed by atoms with van der Waals surface area (Å²) in [5.74, 6) is -0.234. The summed E-state index contributed by atoms with van der Waals surface area (Å²) in [6, 6.07) is 8.75. The number of carboxylic acid groups (broad SMARTS) is 1. The standard InChI is InChI=1S/C12H10O4S/c1-15-8-2-4-9(5-3-8)17-12-10(11(13)14)6-7-16-12/h2-7H,1H3,(H,13,14). The van der Waals surface area contributed by atoms with E-state index in [1.807, 2.05) is 24.3 Å². The van der Waals surface area contributed by atoms with E-state index in [4.69, 9.17) is 14.3 Å². The molecule has 0 atom stereocenters. The fourth-order valence-electron chi connectivity index (χ4n) is 1.28. The Hall–Kier alpha value is -1.88. The Morgan fingerprint density at radius 3 is 2.59 bits per heavy atom. The van der Waals surface area contributed by atoms with Gasteiger partial charge in [0.15, 0.2) is 5.09 Å². The number of aromatic carboxylic acids is 1. The van der Waals surface area contributed by atoms with Gasteiger partial charge in [0.1, 0.15) is 11.3 Å². The lowest BCUT2D eigenvalue weighted by atomic mass is 10.3. The monoisotopic (exact) mass is 250 g/mol. The summed E-state index contributed by atoms with van der Waals surface area (Å²) in [4.78, 5) is 11.8. The van der Waals surface area contributed by atoms with E-state index < -0.39 is 5.97 Å². The minimum atomic E-state index is -0.991. The van der Waals surface area contributed by atoms with E-state index in [1.165, 1.54) is 24.1 Å². The molecule has 0 saturated carbocycles. The van der Waals surface area contributed by atoms with E-state index in [9.17, 15) is 4.79 Å². The SMILES string of the molecule is COc1ccc(Sc2occc2C(=O)O)cc1. The van der Waals surface area contributed by atoms with E-state index in [0.717, 1.165) is 10.6 Å². The normalized spacial score (nSPS) is 10.2. The van der Waals surface area contributed by atoms with Crippen molar-refractivity contribution in [3.8, 4) is 5.75 Å². The third kappa shape index (κ3) is 2.62. The number of methoxy groups -OCH3 is 1. The summed E-state index contributed by atoms with van der Waals surface area (Å²) in [6.07, 6.45) is 1.37. The molecule has 2 aromatic rings. The molecule has 0 aliphatic rings. The Kier molecular flexibility index (Phi) is 3.39. The van der Waals surface area contributed by atoms with Crippen LogP contribution in [0.5, 0.6) is 5.75 Å². The molecule has 1 N–H and O–H groups in total. The van der Waals surface area contributed by atoms with Crippen molar-refractivity contribution in [1.29, 1.82) is 0 Å². The van der Waals surface area contributed by atoms with Crippen LogP contribution in [0.2, 0.25) is 0 Å². The summed E-state index contributed by atoms with van der Waals surface area (Å²) < 4.78 is 10.2. The molecule has 1 aromatic heterocycles. The van der Waals surface area contributed by atoms with Gasteiger partial charge in [0.25, 0.3) is 0 Å². The van der Waals surface area contributed by atoms with Crippen molar-refractivity contribution in [1.82, 2.24) is 0 Å². The number of carboxylic acids is 1. The van der Waals surface area contributed by atoms with E-state index in [2.05, 4.69) is 0 Å². The Morgan fingerprint density at radius 2 is 2.00 bits per heavy atom. The van der Waals surface area contributed by atoms with E-state index in [0.29, 0.717) is 5.09 Å². The third-order valence-corrected chi connectivity index (χ3v) is 3.14. The van der Waals surface area contributed by atoms with Gasteiger partial charge >= 0.3 is 5.97 Å². The van der Waals surface area contributed by atoms with Gasteiger partial charge in [-0.1, -0.05) is 11.8 Å². The van der Waals surface area contributed by atoms with Crippen LogP contribution < -0.4 is 4.74 Å². The zero-order valence-corrected chi connectivity index (χ0v) is 9.86. The van der Waals surface area contributed by atoms with Crippen molar-refractivity contribution in [3.63, 3.8) is 0 Å². The van der Waals surface area contributed by atoms with Gasteiger partial charge in [-0.05, 0) is 30.3 Å². The fourth-order valence-corrected chi connectivity index (χ4v) is 2.14. The summed E-state index contributed by atoms with van der Waals surface area (Å²) in [5, 5.41) is 9.30. The molecule has 2 rings (SSSR count). The van der Waals surface area contributed by atoms with Gasteiger partial charge in [0, 0.05) is 4.90 Å². The van der Waals surface area contributed by atoms with Crippen molar-refractivity contribution >= 4 is 17.7 Å². The Balaban J connectivity index is 2.19. The molecule has 0 fully saturated rings. The van der Waals surface area contributed by atoms with Crippen molar-refractivity contribution in [2.45, 2.75) is 9.99 Å². The quantitative estimate of drug-likeness (QED) is 0.903. The van der Waals surface area contributed by atoms with Crippen LogP contribution in [0.1, 0.15) is 10.4 Å². The molecule has 88 valence electrons. The second kappa shape index (κ2) is 4.97. The van der Waals surface area contributed by atoms with Crippen molar-refractivity contribution in [3.05, 3.63) is 42.2 Å². The highest BCUT2D eigenvalue weighted by atomic mass is 32.2. The minimum absolute atomic E-state index is 0.172. The smallest absolute Gasteiger partial charge is 0.340 e. The average molecular weight is 250 g/mol. The Bertz CT molecular complexity index is 516. The van der Waals surface area contributed by atoms with Crippen LogP contribution in [0.4, 0.5) is 0 Å². The first-order valence-electron chi connectivity index (χ1n) is 4.83. The molecule has 0 radical (unpaired) electrons. The number of hydrogen-bond donors (Lipinski definition) is 1. The van der Waals surface area contributed by atoms with Gasteiger partial charge in [-0.2, -0.15) is 0 Å². The predicted octanol–water partition coefficient (Wildman–Crippen LogP) is 3.14. The summed E-state index contributed by atoms with van der Waals surface area (Å²) in [5.41, 5.74) is 0.172. The highest BCUT2D eigenvalue weighted by Gasteiger charge is 2.14. The van der Waals surface area contributed by atoms with Gasteiger partial charge in [-0.3, -0.25) is 0 Å². The number of benzene rings is 1. The topological polar surface area (TPSA) is 59.7 Å². The lowest BCUT2D eigenvalue weighted by Crippen LogP contribution is -1.94. The molecular weight excluding hydrogens is 240 g/mol. The van der Waals surface area contributed by atoms with Crippen LogP contribution in [-0.4, -0.2) is 18.2 Å². The molecule has 17 heavy (non-hydrogen) atoms. The molecule has 1 heterocycles. The molecule has 0 amide bonds. The van der Waals surface area contributed by atoms with Gasteiger partial charge in [0.05, 0.1) is 13.4 Å². The zero-order chi connectivity index (χ0) is 12.3. The van der Waals surface area contributed by atoms with E-state index in [1.54, 1.807) is 7.11 Å². The average Bonchev–Trinajstić information content (AvgIpc) is 2.78. The number of ether oxygens (including phenoxy) is 1. The van der Waals surface area contributed by atoms with Gasteiger partial charge in [-0.15, -0.1) is 0 Å². The van der Waals surface area contributed by atoms with Crippen LogP contribution >= 0.6 is 11.8 Å². The number of hydrogen-bond acceptors (Lipinski definition) is 4. The first-order chi connectivity index (χ1) is 8.20. The van der Waals surface area contributed by atoms with Crippen LogP contribution in [0.25, 0.3) is 0 Å². The van der Waals surface area contributed by atoms with Crippen LogP contribution in [0.3, 0.4) is 0 Å². The molecular formula is C12H10O4S. The van der Waals surface area contributed by atoms with E-state index in [-0.39, 0.29) is 5.56 Å². The van der Waals surface area contributed by atoms with Crippen molar-refractivity contribution in [2.75, 3.05) is 7.11 Å². The first kappa shape index (κ1) is 11.6. The molecule has 0 spiro atoms. The Morgan fingerprint density at radius 1 is 1.29 bits per heavy atom. The van der Waals surface area contributed by atoms with E-state index >= 15 is 0 Å². The highest BCUT2D eigenvalue weighted by molar-refractivity contribution is 7.99. The number of carbonyl (C=O) groups is 1. The summed E-state index contributed by atoms with van der Waals surface area (Å²) in [7, 11) is 1.59. The molecule has 0 bridgehead atoms. The molecule has 5 heteroatoms. The maximum Gasteiger partial charge on any atom is 0.340 e. The molecule has 0 saturated heterocycles. The second-order valence-corrected chi connectivity index (χ2v) is 4.25. The summed E-state index contributed by atoms with van der Waals surface area (Å²) in [6.45, 7) is 0. The molecule has 4 nitrogen and oxygen atoms in total. The van der Waals surface area contributed by atoms with Gasteiger partial charge < -0.3 is 14.3 Å². The second-order valence-electron chi connectivity index (χ2n) is 3.20. The Labute approximate surface area is 102 Å². The number of furan rings is 1. The highest BCUT2D eigenvalue weighted by Crippen LogP contribution is 2.32. The largest absolute Gasteiger partial charge is 0.497 e. The van der Waals surface area contributed by atoms with Gasteiger partial charge in [-0.25, -0.2) is 4.79 Å². The lowest BCUT2D eigenvalue weighted by molar-refractivity contribution is 0.0690. The summed E-state index contributed by atoms with van der Waals surface area (Å²) >= 11 is 1.27.